The van der Waals surface area contributed by atoms with Crippen molar-refractivity contribution in [3.8, 4) is 11.5 Å². The van der Waals surface area contributed by atoms with Crippen LogP contribution in [0.4, 0.5) is 0 Å². The first-order chi connectivity index (χ1) is 7.67. The third kappa shape index (κ3) is 2.39. The summed E-state index contributed by atoms with van der Waals surface area (Å²) in [6, 6.07) is 3.22. The standard InChI is InChI=1S/C11H13ClO4/c1-14-9-5-10(15-2)8(11(13)16-3)4-7(9)6-12/h4-5H,6H2,1-3H3. The lowest BCUT2D eigenvalue weighted by Crippen LogP contribution is -2.05. The lowest BCUT2D eigenvalue weighted by Gasteiger charge is -2.12. The maximum absolute atomic E-state index is 11.5. The van der Waals surface area contributed by atoms with Gasteiger partial charge in [-0.25, -0.2) is 4.79 Å². The zero-order valence-corrected chi connectivity index (χ0v) is 10.1. The number of hydrogen-bond acceptors (Lipinski definition) is 4. The average molecular weight is 245 g/mol. The van der Waals surface area contributed by atoms with Crippen LogP contribution in [-0.2, 0) is 10.6 Å². The largest absolute Gasteiger partial charge is 0.496 e. The summed E-state index contributed by atoms with van der Waals surface area (Å²) in [7, 11) is 4.32. The molecule has 1 aromatic carbocycles. The highest BCUT2D eigenvalue weighted by atomic mass is 35.5. The van der Waals surface area contributed by atoms with Crippen LogP contribution in [0, 0.1) is 0 Å². The molecule has 0 bridgehead atoms. The molecule has 0 radical (unpaired) electrons. The van der Waals surface area contributed by atoms with E-state index in [1.54, 1.807) is 12.1 Å². The fourth-order valence-electron chi connectivity index (χ4n) is 1.34. The van der Waals surface area contributed by atoms with Crippen molar-refractivity contribution in [1.29, 1.82) is 0 Å². The lowest BCUT2D eigenvalue weighted by molar-refractivity contribution is 0.0597. The van der Waals surface area contributed by atoms with Crippen molar-refractivity contribution in [2.75, 3.05) is 21.3 Å². The van der Waals surface area contributed by atoms with E-state index in [4.69, 9.17) is 21.1 Å². The van der Waals surface area contributed by atoms with Gasteiger partial charge in [0.15, 0.2) is 0 Å². The summed E-state index contributed by atoms with van der Waals surface area (Å²) in [5, 5.41) is 0. The molecule has 0 heterocycles. The van der Waals surface area contributed by atoms with E-state index in [0.717, 1.165) is 0 Å². The number of benzene rings is 1. The van der Waals surface area contributed by atoms with Gasteiger partial charge in [-0.15, -0.1) is 11.6 Å². The Hall–Kier alpha value is -1.42. The molecule has 1 aromatic rings. The van der Waals surface area contributed by atoms with Gasteiger partial charge in [0.05, 0.1) is 27.2 Å². The number of carbonyl (C=O) groups excluding carboxylic acids is 1. The first kappa shape index (κ1) is 12.6. The van der Waals surface area contributed by atoms with Crippen molar-refractivity contribution in [1.82, 2.24) is 0 Å². The van der Waals surface area contributed by atoms with E-state index in [0.29, 0.717) is 22.6 Å². The molecule has 0 unspecified atom stereocenters. The van der Waals surface area contributed by atoms with E-state index in [-0.39, 0.29) is 5.88 Å². The number of alkyl halides is 1. The highest BCUT2D eigenvalue weighted by Crippen LogP contribution is 2.30. The molecule has 5 heteroatoms. The third-order valence-corrected chi connectivity index (χ3v) is 2.44. The van der Waals surface area contributed by atoms with Crippen LogP contribution in [0.1, 0.15) is 15.9 Å². The monoisotopic (exact) mass is 244 g/mol. The Balaban J connectivity index is 3.31. The molecule has 0 amide bonds. The van der Waals surface area contributed by atoms with Crippen LogP contribution in [0.5, 0.6) is 11.5 Å². The molecule has 0 saturated heterocycles. The molecule has 1 rings (SSSR count). The van der Waals surface area contributed by atoms with Gasteiger partial charge in [-0.1, -0.05) is 0 Å². The van der Waals surface area contributed by atoms with Gasteiger partial charge in [0.25, 0.3) is 0 Å². The van der Waals surface area contributed by atoms with Crippen LogP contribution >= 0.6 is 11.6 Å². The van der Waals surface area contributed by atoms with Crippen molar-refractivity contribution in [2.24, 2.45) is 0 Å². The number of halogens is 1. The second-order valence-electron chi connectivity index (χ2n) is 2.99. The van der Waals surface area contributed by atoms with E-state index in [9.17, 15) is 4.79 Å². The number of ether oxygens (including phenoxy) is 3. The molecule has 0 spiro atoms. The van der Waals surface area contributed by atoms with Gasteiger partial charge in [-0.05, 0) is 6.07 Å². The van der Waals surface area contributed by atoms with Crippen molar-refractivity contribution < 1.29 is 19.0 Å². The Morgan fingerprint density at radius 1 is 1.19 bits per heavy atom. The minimum absolute atomic E-state index is 0.247. The first-order valence-corrected chi connectivity index (χ1v) is 5.10. The SMILES string of the molecule is COC(=O)c1cc(CCl)c(OC)cc1OC. The summed E-state index contributed by atoms with van der Waals surface area (Å²) in [4.78, 5) is 11.5. The molecule has 0 aromatic heterocycles. The van der Waals surface area contributed by atoms with Crippen molar-refractivity contribution >= 4 is 17.6 Å². The number of carbonyl (C=O) groups is 1. The van der Waals surface area contributed by atoms with E-state index in [1.165, 1.54) is 21.3 Å². The molecule has 0 aliphatic rings. The highest BCUT2D eigenvalue weighted by molar-refractivity contribution is 6.17. The fraction of sp³-hybridized carbons (Fsp3) is 0.364. The van der Waals surface area contributed by atoms with Gasteiger partial charge in [-0.3, -0.25) is 0 Å². The van der Waals surface area contributed by atoms with E-state index in [1.807, 2.05) is 0 Å². The minimum Gasteiger partial charge on any atom is -0.496 e. The normalized spacial score (nSPS) is 9.75. The molecule has 88 valence electrons. The van der Waals surface area contributed by atoms with Gasteiger partial charge in [0.2, 0.25) is 0 Å². The summed E-state index contributed by atoms with van der Waals surface area (Å²) in [5.41, 5.74) is 1.05. The fourth-order valence-corrected chi connectivity index (χ4v) is 1.55. The van der Waals surface area contributed by atoms with Gasteiger partial charge in [-0.2, -0.15) is 0 Å². The second kappa shape index (κ2) is 5.61. The van der Waals surface area contributed by atoms with Crippen LogP contribution < -0.4 is 9.47 Å². The number of esters is 1. The zero-order chi connectivity index (χ0) is 12.1. The van der Waals surface area contributed by atoms with E-state index in [2.05, 4.69) is 4.74 Å². The van der Waals surface area contributed by atoms with Crippen LogP contribution in [-0.4, -0.2) is 27.3 Å². The zero-order valence-electron chi connectivity index (χ0n) is 9.37. The Morgan fingerprint density at radius 3 is 2.25 bits per heavy atom. The molecule has 0 saturated carbocycles. The Morgan fingerprint density at radius 2 is 1.81 bits per heavy atom. The Kier molecular flexibility index (Phi) is 4.43. The van der Waals surface area contributed by atoms with Crippen molar-refractivity contribution in [2.45, 2.75) is 5.88 Å². The molecule has 16 heavy (non-hydrogen) atoms. The topological polar surface area (TPSA) is 44.8 Å². The maximum Gasteiger partial charge on any atom is 0.341 e. The Bertz CT molecular complexity index is 390. The smallest absolute Gasteiger partial charge is 0.341 e. The average Bonchev–Trinajstić information content (AvgIpc) is 2.35. The maximum atomic E-state index is 11.5. The highest BCUT2D eigenvalue weighted by Gasteiger charge is 2.16. The summed E-state index contributed by atoms with van der Waals surface area (Å²) in [6.07, 6.45) is 0. The van der Waals surface area contributed by atoms with Gasteiger partial charge in [0, 0.05) is 11.6 Å². The van der Waals surface area contributed by atoms with Crippen LogP contribution in [0.25, 0.3) is 0 Å². The Labute approximate surface area is 99.1 Å². The van der Waals surface area contributed by atoms with Gasteiger partial charge < -0.3 is 14.2 Å². The quantitative estimate of drug-likeness (QED) is 0.602. The van der Waals surface area contributed by atoms with Gasteiger partial charge in [0.1, 0.15) is 17.1 Å². The molecule has 0 atom stereocenters. The summed E-state index contributed by atoms with van der Waals surface area (Å²) < 4.78 is 14.9. The summed E-state index contributed by atoms with van der Waals surface area (Å²) in [6.45, 7) is 0. The predicted octanol–water partition coefficient (Wildman–Crippen LogP) is 2.23. The second-order valence-corrected chi connectivity index (χ2v) is 3.26. The van der Waals surface area contributed by atoms with Crippen LogP contribution in [0.15, 0.2) is 12.1 Å². The van der Waals surface area contributed by atoms with Crippen molar-refractivity contribution in [3.63, 3.8) is 0 Å². The molecule has 0 fully saturated rings. The molecule has 4 nitrogen and oxygen atoms in total. The summed E-state index contributed by atoms with van der Waals surface area (Å²) >= 11 is 5.75. The molecular formula is C11H13ClO4. The van der Waals surface area contributed by atoms with Gasteiger partial charge >= 0.3 is 5.97 Å². The van der Waals surface area contributed by atoms with E-state index < -0.39 is 5.97 Å². The lowest BCUT2D eigenvalue weighted by atomic mass is 10.1. The van der Waals surface area contributed by atoms with Crippen LogP contribution in [0.2, 0.25) is 0 Å². The molecular weight excluding hydrogens is 232 g/mol. The van der Waals surface area contributed by atoms with Crippen molar-refractivity contribution in [3.05, 3.63) is 23.3 Å². The predicted molar refractivity (Wildman–Crippen MR) is 60.4 cm³/mol. The number of hydrogen-bond donors (Lipinski definition) is 0. The number of methoxy groups -OCH3 is 3. The third-order valence-electron chi connectivity index (χ3n) is 2.15. The molecule has 0 aliphatic carbocycles. The van der Waals surface area contributed by atoms with E-state index >= 15 is 0 Å². The number of rotatable bonds is 4. The minimum atomic E-state index is -0.467. The van der Waals surface area contributed by atoms with Crippen LogP contribution in [0.3, 0.4) is 0 Å². The summed E-state index contributed by atoms with van der Waals surface area (Å²) in [5.74, 6) is 0.764. The first-order valence-electron chi connectivity index (χ1n) is 4.57. The molecule has 0 N–H and O–H groups in total. The molecule has 0 aliphatic heterocycles.